The standard InChI is InChI=1S/C26H33FN4OS/c1-5-7-8-21(6-2)25(32)28-19(4)24-29-30-26(31(24)23-15-9-18(3)10-16-23)33-17-20-11-13-22(27)14-12-20/h9-16,19,21H,5-8,17H2,1-4H3,(H,28,32). The van der Waals surface area contributed by atoms with Gasteiger partial charge in [-0.05, 0) is 56.5 Å². The highest BCUT2D eigenvalue weighted by Gasteiger charge is 2.24. The van der Waals surface area contributed by atoms with E-state index in [1.165, 1.54) is 23.9 Å². The van der Waals surface area contributed by atoms with E-state index in [-0.39, 0.29) is 23.7 Å². The lowest BCUT2D eigenvalue weighted by atomic mass is 9.98. The summed E-state index contributed by atoms with van der Waals surface area (Å²) >= 11 is 1.54. The molecule has 0 aliphatic carbocycles. The topological polar surface area (TPSA) is 59.8 Å². The quantitative estimate of drug-likeness (QED) is 0.331. The van der Waals surface area contributed by atoms with Crippen molar-refractivity contribution in [1.29, 1.82) is 0 Å². The smallest absolute Gasteiger partial charge is 0.223 e. The second kappa shape index (κ2) is 12.0. The van der Waals surface area contributed by atoms with E-state index in [1.807, 2.05) is 30.5 Å². The zero-order chi connectivity index (χ0) is 23.8. The number of rotatable bonds is 11. The Morgan fingerprint density at radius 3 is 2.42 bits per heavy atom. The third-order valence-corrected chi connectivity index (χ3v) is 6.75. The number of benzene rings is 2. The van der Waals surface area contributed by atoms with Crippen molar-refractivity contribution in [3.63, 3.8) is 0 Å². The zero-order valence-corrected chi connectivity index (χ0v) is 20.7. The van der Waals surface area contributed by atoms with Gasteiger partial charge in [0.2, 0.25) is 5.91 Å². The normalized spacial score (nSPS) is 13.0. The van der Waals surface area contributed by atoms with E-state index in [0.29, 0.717) is 11.6 Å². The lowest BCUT2D eigenvalue weighted by Crippen LogP contribution is -2.33. The SMILES string of the molecule is CCCCC(CC)C(=O)NC(C)c1nnc(SCc2ccc(F)cc2)n1-c1ccc(C)cc1. The van der Waals surface area contributed by atoms with E-state index < -0.39 is 0 Å². The van der Waals surface area contributed by atoms with Gasteiger partial charge in [0.05, 0.1) is 6.04 Å². The Balaban J connectivity index is 1.85. The van der Waals surface area contributed by atoms with Crippen molar-refractivity contribution in [3.05, 3.63) is 71.3 Å². The van der Waals surface area contributed by atoms with Gasteiger partial charge in [0, 0.05) is 17.4 Å². The van der Waals surface area contributed by atoms with Gasteiger partial charge in [-0.3, -0.25) is 9.36 Å². The molecule has 7 heteroatoms. The maximum absolute atomic E-state index is 13.2. The highest BCUT2D eigenvalue weighted by atomic mass is 32.2. The molecule has 0 fully saturated rings. The molecule has 3 rings (SSSR count). The van der Waals surface area contributed by atoms with Crippen LogP contribution in [0, 0.1) is 18.7 Å². The average Bonchev–Trinajstić information content (AvgIpc) is 3.24. The Hall–Kier alpha value is -2.67. The first kappa shape index (κ1) is 25.0. The van der Waals surface area contributed by atoms with Crippen molar-refractivity contribution in [2.24, 2.45) is 5.92 Å². The van der Waals surface area contributed by atoms with Crippen LogP contribution < -0.4 is 5.32 Å². The number of carbonyl (C=O) groups is 1. The maximum Gasteiger partial charge on any atom is 0.223 e. The predicted molar refractivity (Wildman–Crippen MR) is 132 cm³/mol. The molecule has 0 bridgehead atoms. The minimum atomic E-state index is -0.290. The molecule has 0 saturated heterocycles. The van der Waals surface area contributed by atoms with Crippen molar-refractivity contribution in [3.8, 4) is 5.69 Å². The van der Waals surface area contributed by atoms with E-state index in [2.05, 4.69) is 41.5 Å². The maximum atomic E-state index is 13.2. The molecule has 1 amide bonds. The number of hydrogen-bond acceptors (Lipinski definition) is 4. The Kier molecular flexibility index (Phi) is 9.06. The molecule has 0 saturated carbocycles. The fourth-order valence-electron chi connectivity index (χ4n) is 3.69. The summed E-state index contributed by atoms with van der Waals surface area (Å²) in [6.07, 6.45) is 3.84. The van der Waals surface area contributed by atoms with Crippen molar-refractivity contribution in [1.82, 2.24) is 20.1 Å². The van der Waals surface area contributed by atoms with Crippen LogP contribution in [0.5, 0.6) is 0 Å². The van der Waals surface area contributed by atoms with Gasteiger partial charge >= 0.3 is 0 Å². The molecule has 1 N–H and O–H groups in total. The second-order valence-electron chi connectivity index (χ2n) is 8.40. The highest BCUT2D eigenvalue weighted by molar-refractivity contribution is 7.98. The van der Waals surface area contributed by atoms with Crippen LogP contribution >= 0.6 is 11.8 Å². The zero-order valence-electron chi connectivity index (χ0n) is 19.8. The minimum Gasteiger partial charge on any atom is -0.346 e. The molecule has 2 aromatic carbocycles. The molecule has 2 unspecified atom stereocenters. The Morgan fingerprint density at radius 2 is 1.79 bits per heavy atom. The lowest BCUT2D eigenvalue weighted by Gasteiger charge is -2.20. The molecular weight excluding hydrogens is 435 g/mol. The summed E-state index contributed by atoms with van der Waals surface area (Å²) in [6, 6.07) is 14.4. The van der Waals surface area contributed by atoms with Gasteiger partial charge in [0.15, 0.2) is 11.0 Å². The predicted octanol–water partition coefficient (Wildman–Crippen LogP) is 6.40. The van der Waals surface area contributed by atoms with E-state index >= 15 is 0 Å². The first-order valence-corrected chi connectivity index (χ1v) is 12.6. The number of unbranched alkanes of at least 4 members (excludes halogenated alkanes) is 1. The number of halogens is 1. The van der Waals surface area contributed by atoms with E-state index in [4.69, 9.17) is 0 Å². The number of hydrogen-bond donors (Lipinski definition) is 1. The number of thioether (sulfide) groups is 1. The highest BCUT2D eigenvalue weighted by Crippen LogP contribution is 2.28. The Morgan fingerprint density at radius 1 is 1.09 bits per heavy atom. The molecule has 0 spiro atoms. The van der Waals surface area contributed by atoms with Gasteiger partial charge in [0.1, 0.15) is 5.82 Å². The lowest BCUT2D eigenvalue weighted by molar-refractivity contribution is -0.126. The minimum absolute atomic E-state index is 0.00969. The molecule has 0 aliphatic rings. The van der Waals surface area contributed by atoms with Gasteiger partial charge in [-0.15, -0.1) is 10.2 Å². The number of amides is 1. The first-order chi connectivity index (χ1) is 15.9. The van der Waals surface area contributed by atoms with Crippen molar-refractivity contribution in [2.45, 2.75) is 70.3 Å². The largest absolute Gasteiger partial charge is 0.346 e. The monoisotopic (exact) mass is 468 g/mol. The van der Waals surface area contributed by atoms with Crippen LogP contribution in [0.15, 0.2) is 53.7 Å². The van der Waals surface area contributed by atoms with Crippen LogP contribution in [-0.2, 0) is 10.5 Å². The second-order valence-corrected chi connectivity index (χ2v) is 9.35. The third kappa shape index (κ3) is 6.67. The molecule has 0 aliphatic heterocycles. The third-order valence-electron chi connectivity index (χ3n) is 5.75. The summed E-state index contributed by atoms with van der Waals surface area (Å²) in [5.41, 5.74) is 3.11. The van der Waals surface area contributed by atoms with Gasteiger partial charge in [-0.25, -0.2) is 4.39 Å². The van der Waals surface area contributed by atoms with Crippen LogP contribution in [0.2, 0.25) is 0 Å². The van der Waals surface area contributed by atoms with E-state index in [9.17, 15) is 9.18 Å². The average molecular weight is 469 g/mol. The van der Waals surface area contributed by atoms with Gasteiger partial charge < -0.3 is 5.32 Å². The fourth-order valence-corrected chi connectivity index (χ4v) is 4.60. The van der Waals surface area contributed by atoms with Gasteiger partial charge in [-0.2, -0.15) is 0 Å². The molecule has 0 radical (unpaired) electrons. The number of carbonyl (C=O) groups excluding carboxylic acids is 1. The number of nitrogens with zero attached hydrogens (tertiary/aromatic N) is 3. The van der Waals surface area contributed by atoms with Crippen LogP contribution in [0.25, 0.3) is 5.69 Å². The van der Waals surface area contributed by atoms with Crippen LogP contribution in [0.4, 0.5) is 4.39 Å². The summed E-state index contributed by atoms with van der Waals surface area (Å²) in [4.78, 5) is 12.9. The van der Waals surface area contributed by atoms with Gasteiger partial charge in [0.25, 0.3) is 0 Å². The van der Waals surface area contributed by atoms with Gasteiger partial charge in [-0.1, -0.05) is 68.3 Å². The first-order valence-electron chi connectivity index (χ1n) is 11.6. The van der Waals surface area contributed by atoms with Crippen molar-refractivity contribution in [2.75, 3.05) is 0 Å². The van der Waals surface area contributed by atoms with E-state index in [0.717, 1.165) is 47.7 Å². The fraction of sp³-hybridized carbons (Fsp3) is 0.423. The summed E-state index contributed by atoms with van der Waals surface area (Å²) in [7, 11) is 0. The molecular formula is C26H33FN4OS. The van der Waals surface area contributed by atoms with Crippen LogP contribution in [0.3, 0.4) is 0 Å². The number of aryl methyl sites for hydroxylation is 1. The Labute approximate surface area is 200 Å². The molecule has 1 heterocycles. The molecule has 2 atom stereocenters. The molecule has 5 nitrogen and oxygen atoms in total. The van der Waals surface area contributed by atoms with Crippen LogP contribution in [-0.4, -0.2) is 20.7 Å². The number of nitrogens with one attached hydrogen (secondary N) is 1. The van der Waals surface area contributed by atoms with Crippen molar-refractivity contribution >= 4 is 17.7 Å². The summed E-state index contributed by atoms with van der Waals surface area (Å²) < 4.78 is 15.3. The summed E-state index contributed by atoms with van der Waals surface area (Å²) in [5.74, 6) is 1.16. The Bertz CT molecular complexity index is 1030. The molecule has 1 aromatic heterocycles. The van der Waals surface area contributed by atoms with Crippen molar-refractivity contribution < 1.29 is 9.18 Å². The van der Waals surface area contributed by atoms with Crippen LogP contribution in [0.1, 0.15) is 69.4 Å². The summed E-state index contributed by atoms with van der Waals surface area (Å²) in [6.45, 7) is 8.20. The molecule has 33 heavy (non-hydrogen) atoms. The summed E-state index contributed by atoms with van der Waals surface area (Å²) in [5, 5.41) is 12.8. The number of aromatic nitrogens is 3. The molecule has 176 valence electrons. The van der Waals surface area contributed by atoms with E-state index in [1.54, 1.807) is 12.1 Å². The molecule has 3 aromatic rings.